The number of nitrogens with two attached hydrogens (primary N) is 1. The SMILES string of the molecule is CN(C(=O)c1cc2c(cc1F)nc(N)c1cncn12)[C@@H]1CSC(C)(C)c2cc(-c3cnn(C)c3)ccc21. The second-order valence-corrected chi connectivity index (χ2v) is 11.6. The monoisotopic (exact) mass is 515 g/mol. The molecule has 1 aliphatic rings. The molecule has 1 aliphatic heterocycles. The minimum absolute atomic E-state index is 0.0139. The zero-order valence-electron chi connectivity index (χ0n) is 20.9. The van der Waals surface area contributed by atoms with E-state index in [1.807, 2.05) is 19.4 Å². The molecule has 6 rings (SSSR count). The van der Waals surface area contributed by atoms with Gasteiger partial charge in [-0.3, -0.25) is 13.9 Å². The molecule has 5 aromatic rings. The Balaban J connectivity index is 1.40. The molecular formula is C27H26FN7OS. The highest BCUT2D eigenvalue weighted by molar-refractivity contribution is 8.00. The van der Waals surface area contributed by atoms with Crippen molar-refractivity contribution >= 4 is 40.0 Å². The van der Waals surface area contributed by atoms with E-state index in [9.17, 15) is 4.79 Å². The first kappa shape index (κ1) is 23.5. The molecule has 1 atom stereocenters. The number of imidazole rings is 1. The van der Waals surface area contributed by atoms with Gasteiger partial charge in [0.2, 0.25) is 0 Å². The number of hydrogen-bond acceptors (Lipinski definition) is 6. The number of carbonyl (C=O) groups excluding carboxylic acids is 1. The van der Waals surface area contributed by atoms with E-state index in [0.29, 0.717) is 22.3 Å². The normalized spacial score (nSPS) is 16.7. The third-order valence-corrected chi connectivity index (χ3v) is 8.61. The second-order valence-electron chi connectivity index (χ2n) is 9.92. The molecule has 0 radical (unpaired) electrons. The van der Waals surface area contributed by atoms with E-state index in [0.717, 1.165) is 22.3 Å². The maximum Gasteiger partial charge on any atom is 0.257 e. The zero-order chi connectivity index (χ0) is 26.1. The Morgan fingerprint density at radius 2 is 2.00 bits per heavy atom. The van der Waals surface area contributed by atoms with Gasteiger partial charge in [0, 0.05) is 42.4 Å². The Labute approximate surface area is 217 Å². The molecule has 0 saturated carbocycles. The van der Waals surface area contributed by atoms with Gasteiger partial charge < -0.3 is 10.6 Å². The number of aryl methyl sites for hydroxylation is 1. The van der Waals surface area contributed by atoms with Gasteiger partial charge in [-0.2, -0.15) is 5.10 Å². The number of fused-ring (bicyclic) bond motifs is 4. The first-order valence-corrected chi connectivity index (χ1v) is 12.9. The number of nitrogens with zero attached hydrogens (tertiary/aromatic N) is 6. The lowest BCUT2D eigenvalue weighted by atomic mass is 9.88. The third-order valence-electron chi connectivity index (χ3n) is 7.19. The van der Waals surface area contributed by atoms with Crippen LogP contribution in [0.1, 0.15) is 41.4 Å². The van der Waals surface area contributed by atoms with Crippen LogP contribution < -0.4 is 5.73 Å². The maximum absolute atomic E-state index is 15.3. The number of aromatic nitrogens is 5. The van der Waals surface area contributed by atoms with Crippen molar-refractivity contribution in [1.82, 2.24) is 29.0 Å². The van der Waals surface area contributed by atoms with Crippen LogP contribution in [0.25, 0.3) is 27.7 Å². The first-order valence-electron chi connectivity index (χ1n) is 11.9. The quantitative estimate of drug-likeness (QED) is 0.371. The highest BCUT2D eigenvalue weighted by Crippen LogP contribution is 2.48. The van der Waals surface area contributed by atoms with E-state index in [1.54, 1.807) is 45.3 Å². The van der Waals surface area contributed by atoms with Gasteiger partial charge in [-0.1, -0.05) is 12.1 Å². The molecule has 0 saturated heterocycles. The lowest BCUT2D eigenvalue weighted by molar-refractivity contribution is 0.0738. The summed E-state index contributed by atoms with van der Waals surface area (Å²) in [6.07, 6.45) is 7.01. The number of thioether (sulfide) groups is 1. The molecule has 188 valence electrons. The molecule has 0 spiro atoms. The van der Waals surface area contributed by atoms with E-state index >= 15 is 4.39 Å². The van der Waals surface area contributed by atoms with Gasteiger partial charge in [0.05, 0.1) is 41.4 Å². The molecule has 3 aromatic heterocycles. The van der Waals surface area contributed by atoms with Crippen molar-refractivity contribution in [2.24, 2.45) is 7.05 Å². The number of rotatable bonds is 3. The fourth-order valence-corrected chi connectivity index (χ4v) is 6.40. The molecule has 0 aliphatic carbocycles. The maximum atomic E-state index is 15.3. The lowest BCUT2D eigenvalue weighted by Crippen LogP contribution is -2.37. The molecule has 8 nitrogen and oxygen atoms in total. The van der Waals surface area contributed by atoms with Crippen LogP contribution in [-0.2, 0) is 11.8 Å². The number of nitrogen functional groups attached to an aromatic ring is 1. The number of carbonyl (C=O) groups is 1. The van der Waals surface area contributed by atoms with Crippen LogP contribution in [-0.4, -0.2) is 47.8 Å². The first-order chi connectivity index (χ1) is 17.6. The molecule has 37 heavy (non-hydrogen) atoms. The summed E-state index contributed by atoms with van der Waals surface area (Å²) in [7, 11) is 3.63. The number of halogens is 1. The standard InChI is InChI=1S/C27H26FN7OS/c1-27(2)19-7-15(16-10-31-33(3)12-16)5-6-17(19)24(13-37-27)34(4)26(36)18-8-22-21(9-20(18)28)32-25(29)23-11-30-14-35(22)23/h5-12,14,24H,13H2,1-4H3,(H2,29,32)/t24-/m1/s1. The number of amides is 1. The average Bonchev–Trinajstić information content (AvgIpc) is 3.53. The van der Waals surface area contributed by atoms with E-state index in [1.165, 1.54) is 12.1 Å². The lowest BCUT2D eigenvalue weighted by Gasteiger charge is -2.40. The summed E-state index contributed by atoms with van der Waals surface area (Å²) >= 11 is 1.79. The minimum Gasteiger partial charge on any atom is -0.382 e. The Bertz CT molecular complexity index is 1710. The van der Waals surface area contributed by atoms with Gasteiger partial charge in [0.15, 0.2) is 0 Å². The van der Waals surface area contributed by atoms with Crippen molar-refractivity contribution in [2.75, 3.05) is 18.5 Å². The molecule has 0 fully saturated rings. The van der Waals surface area contributed by atoms with Crippen LogP contribution in [0.3, 0.4) is 0 Å². The van der Waals surface area contributed by atoms with Crippen molar-refractivity contribution in [3.05, 3.63) is 77.8 Å². The van der Waals surface area contributed by atoms with Crippen LogP contribution in [0.5, 0.6) is 0 Å². The summed E-state index contributed by atoms with van der Waals surface area (Å²) < 4.78 is 18.6. The Morgan fingerprint density at radius 3 is 2.76 bits per heavy atom. The molecular weight excluding hydrogens is 489 g/mol. The predicted molar refractivity (Wildman–Crippen MR) is 144 cm³/mol. The molecule has 1 amide bonds. The summed E-state index contributed by atoms with van der Waals surface area (Å²) in [4.78, 5) is 23.8. The van der Waals surface area contributed by atoms with Crippen molar-refractivity contribution < 1.29 is 9.18 Å². The van der Waals surface area contributed by atoms with Gasteiger partial charge in [0.25, 0.3) is 5.91 Å². The van der Waals surface area contributed by atoms with Crippen molar-refractivity contribution in [1.29, 1.82) is 0 Å². The van der Waals surface area contributed by atoms with Gasteiger partial charge in [-0.05, 0) is 42.7 Å². The van der Waals surface area contributed by atoms with Gasteiger partial charge in [-0.25, -0.2) is 14.4 Å². The largest absolute Gasteiger partial charge is 0.382 e. The topological polar surface area (TPSA) is 94.3 Å². The number of hydrogen-bond donors (Lipinski definition) is 1. The fraction of sp³-hybridized carbons (Fsp3) is 0.259. The number of anilines is 1. The molecule has 2 aromatic carbocycles. The molecule has 2 N–H and O–H groups in total. The number of benzene rings is 2. The minimum atomic E-state index is -0.633. The van der Waals surface area contributed by atoms with Crippen LogP contribution in [0, 0.1) is 5.82 Å². The van der Waals surface area contributed by atoms with Crippen molar-refractivity contribution in [3.8, 4) is 11.1 Å². The third kappa shape index (κ3) is 3.74. The van der Waals surface area contributed by atoms with Gasteiger partial charge in [0.1, 0.15) is 17.2 Å². The molecule has 4 heterocycles. The van der Waals surface area contributed by atoms with Crippen LogP contribution >= 0.6 is 11.8 Å². The van der Waals surface area contributed by atoms with Crippen LogP contribution in [0.15, 0.2) is 55.2 Å². The molecule has 0 unspecified atom stereocenters. The Morgan fingerprint density at radius 1 is 1.19 bits per heavy atom. The van der Waals surface area contributed by atoms with Gasteiger partial charge >= 0.3 is 0 Å². The second kappa shape index (κ2) is 8.31. The molecule has 10 heteroatoms. The van der Waals surface area contributed by atoms with E-state index in [-0.39, 0.29) is 22.2 Å². The summed E-state index contributed by atoms with van der Waals surface area (Å²) in [5.74, 6) is -0.0680. The van der Waals surface area contributed by atoms with Crippen molar-refractivity contribution in [3.63, 3.8) is 0 Å². The smallest absolute Gasteiger partial charge is 0.257 e. The van der Waals surface area contributed by atoms with E-state index < -0.39 is 11.7 Å². The van der Waals surface area contributed by atoms with Crippen molar-refractivity contribution in [2.45, 2.75) is 24.6 Å². The fourth-order valence-electron chi connectivity index (χ4n) is 5.09. The van der Waals surface area contributed by atoms with E-state index in [2.05, 4.69) is 47.1 Å². The average molecular weight is 516 g/mol. The zero-order valence-corrected chi connectivity index (χ0v) is 21.8. The summed E-state index contributed by atoms with van der Waals surface area (Å²) in [6.45, 7) is 4.39. The molecule has 0 bridgehead atoms. The highest BCUT2D eigenvalue weighted by Gasteiger charge is 2.37. The van der Waals surface area contributed by atoms with Gasteiger partial charge in [-0.15, -0.1) is 11.8 Å². The Kier molecular flexibility index (Phi) is 5.27. The highest BCUT2D eigenvalue weighted by atomic mass is 32.2. The predicted octanol–water partition coefficient (Wildman–Crippen LogP) is 4.80. The van der Waals surface area contributed by atoms with Crippen LogP contribution in [0.4, 0.5) is 10.2 Å². The summed E-state index contributed by atoms with van der Waals surface area (Å²) in [6, 6.07) is 8.93. The van der Waals surface area contributed by atoms with Crippen LogP contribution in [0.2, 0.25) is 0 Å². The summed E-state index contributed by atoms with van der Waals surface area (Å²) in [5.41, 5.74) is 11.9. The Hall–Kier alpha value is -3.92. The summed E-state index contributed by atoms with van der Waals surface area (Å²) in [5, 5.41) is 4.30. The van der Waals surface area contributed by atoms with E-state index in [4.69, 9.17) is 5.73 Å².